The molecule has 1 heteroatoms. The standard InChI is InChI=1S/C68H45N/c1-4-21-46(22-5-1)47-39-41-48(42-40-47)52-27-14-19-37-64(52)69(65-38-20-36-63-66(65)56-31-13-18-35-61(56)67(63,49-23-6-2-7-24-49)50-25-8-3-9-26-50)51-43-44-62-57(45-51)55-30-12-17-34-60(55)68(62)58-32-15-10-28-53(58)54-29-11-16-33-59(54)68/h1-45H. The predicted molar refractivity (Wildman–Crippen MR) is 286 cm³/mol. The molecule has 11 aromatic rings. The highest BCUT2D eigenvalue weighted by Gasteiger charge is 2.52. The van der Waals surface area contributed by atoms with E-state index in [1.54, 1.807) is 0 Å². The summed E-state index contributed by atoms with van der Waals surface area (Å²) in [6.45, 7) is 0. The first-order valence-electron chi connectivity index (χ1n) is 24.1. The molecule has 0 aromatic heterocycles. The molecule has 3 aliphatic carbocycles. The van der Waals surface area contributed by atoms with Crippen molar-refractivity contribution in [2.75, 3.05) is 4.90 Å². The summed E-state index contributed by atoms with van der Waals surface area (Å²) in [5.74, 6) is 0. The lowest BCUT2D eigenvalue weighted by Crippen LogP contribution is -2.28. The van der Waals surface area contributed by atoms with E-state index in [0.717, 1.165) is 28.2 Å². The van der Waals surface area contributed by atoms with E-state index in [9.17, 15) is 0 Å². The zero-order valence-corrected chi connectivity index (χ0v) is 37.9. The van der Waals surface area contributed by atoms with Crippen molar-refractivity contribution < 1.29 is 0 Å². The molecule has 0 saturated carbocycles. The van der Waals surface area contributed by atoms with Gasteiger partial charge >= 0.3 is 0 Å². The Bertz CT molecular complexity index is 3690. The second-order valence-electron chi connectivity index (χ2n) is 18.6. The first-order chi connectivity index (χ1) is 34.3. The molecule has 1 spiro atoms. The van der Waals surface area contributed by atoms with Gasteiger partial charge in [-0.1, -0.05) is 249 Å². The Balaban J connectivity index is 1.05. The van der Waals surface area contributed by atoms with Gasteiger partial charge in [-0.15, -0.1) is 0 Å². The Morgan fingerprint density at radius 2 is 0.638 bits per heavy atom. The van der Waals surface area contributed by atoms with Crippen LogP contribution in [0.5, 0.6) is 0 Å². The number of nitrogens with zero attached hydrogens (tertiary/aromatic N) is 1. The van der Waals surface area contributed by atoms with Gasteiger partial charge in [0.25, 0.3) is 0 Å². The SMILES string of the molecule is c1ccc(-c2ccc(-c3ccccc3N(c3ccc4c(c3)-c3ccccc3C43c4ccccc4-c4ccccc43)c3cccc4c3-c3ccccc3C4(c3ccccc3)c3ccccc3)cc2)cc1. The van der Waals surface area contributed by atoms with Gasteiger partial charge in [0, 0.05) is 16.8 Å². The fraction of sp³-hybridized carbons (Fsp3) is 0.0294. The zero-order valence-electron chi connectivity index (χ0n) is 37.9. The summed E-state index contributed by atoms with van der Waals surface area (Å²) >= 11 is 0. The smallest absolute Gasteiger partial charge is 0.0725 e. The Hall–Kier alpha value is -8.78. The largest absolute Gasteiger partial charge is 0.309 e. The van der Waals surface area contributed by atoms with E-state index < -0.39 is 10.8 Å². The summed E-state index contributed by atoms with van der Waals surface area (Å²) in [6.07, 6.45) is 0. The van der Waals surface area contributed by atoms with Crippen LogP contribution in [-0.4, -0.2) is 0 Å². The Morgan fingerprint density at radius 3 is 1.23 bits per heavy atom. The lowest BCUT2D eigenvalue weighted by atomic mass is 9.68. The van der Waals surface area contributed by atoms with Crippen molar-refractivity contribution in [1.29, 1.82) is 0 Å². The number of benzene rings is 11. The van der Waals surface area contributed by atoms with E-state index in [-0.39, 0.29) is 0 Å². The Kier molecular flexibility index (Phi) is 8.78. The maximum atomic E-state index is 2.56. The molecule has 0 fully saturated rings. The van der Waals surface area contributed by atoms with Crippen molar-refractivity contribution in [3.05, 3.63) is 317 Å². The van der Waals surface area contributed by atoms with E-state index in [2.05, 4.69) is 278 Å². The molecule has 0 aliphatic heterocycles. The van der Waals surface area contributed by atoms with Crippen LogP contribution in [0, 0.1) is 0 Å². The molecule has 0 saturated heterocycles. The molecular formula is C68H45N. The first kappa shape index (κ1) is 39.4. The van der Waals surface area contributed by atoms with Gasteiger partial charge in [0.05, 0.1) is 22.2 Å². The zero-order chi connectivity index (χ0) is 45.5. The Labute approximate surface area is 403 Å². The summed E-state index contributed by atoms with van der Waals surface area (Å²) in [4.78, 5) is 2.56. The fourth-order valence-electron chi connectivity index (χ4n) is 12.7. The average Bonchev–Trinajstić information content (AvgIpc) is 4.02. The molecule has 0 atom stereocenters. The molecule has 0 unspecified atom stereocenters. The molecule has 0 amide bonds. The molecule has 11 aromatic carbocycles. The van der Waals surface area contributed by atoms with Crippen LogP contribution in [0.4, 0.5) is 17.1 Å². The summed E-state index contributed by atoms with van der Waals surface area (Å²) < 4.78 is 0. The highest BCUT2D eigenvalue weighted by molar-refractivity contribution is 6.02. The first-order valence-corrected chi connectivity index (χ1v) is 24.1. The quantitative estimate of drug-likeness (QED) is 0.154. The monoisotopic (exact) mass is 875 g/mol. The van der Waals surface area contributed by atoms with E-state index in [1.807, 2.05) is 0 Å². The molecule has 322 valence electrons. The van der Waals surface area contributed by atoms with Crippen molar-refractivity contribution in [2.24, 2.45) is 0 Å². The van der Waals surface area contributed by atoms with Crippen molar-refractivity contribution >= 4 is 17.1 Å². The summed E-state index contributed by atoms with van der Waals surface area (Å²) in [5, 5.41) is 0. The third kappa shape index (κ3) is 5.53. The van der Waals surface area contributed by atoms with Gasteiger partial charge in [-0.05, 0) is 113 Å². The van der Waals surface area contributed by atoms with Gasteiger partial charge in [0.1, 0.15) is 0 Å². The van der Waals surface area contributed by atoms with E-state index in [0.29, 0.717) is 0 Å². The van der Waals surface area contributed by atoms with Crippen molar-refractivity contribution in [3.63, 3.8) is 0 Å². The molecule has 69 heavy (non-hydrogen) atoms. The van der Waals surface area contributed by atoms with Gasteiger partial charge in [-0.25, -0.2) is 0 Å². The highest BCUT2D eigenvalue weighted by atomic mass is 15.1. The van der Waals surface area contributed by atoms with E-state index >= 15 is 0 Å². The number of fused-ring (bicyclic) bond motifs is 13. The lowest BCUT2D eigenvalue weighted by molar-refractivity contribution is 0.768. The van der Waals surface area contributed by atoms with Crippen LogP contribution < -0.4 is 4.90 Å². The molecule has 0 radical (unpaired) electrons. The second-order valence-corrected chi connectivity index (χ2v) is 18.6. The minimum Gasteiger partial charge on any atom is -0.309 e. The number of hydrogen-bond acceptors (Lipinski definition) is 1. The fourth-order valence-corrected chi connectivity index (χ4v) is 12.7. The molecule has 14 rings (SSSR count). The van der Waals surface area contributed by atoms with E-state index in [1.165, 1.54) is 89.0 Å². The van der Waals surface area contributed by atoms with Crippen LogP contribution in [0.1, 0.15) is 44.5 Å². The normalized spacial score (nSPS) is 13.7. The number of para-hydroxylation sites is 1. The van der Waals surface area contributed by atoms with Crippen LogP contribution in [0.2, 0.25) is 0 Å². The topological polar surface area (TPSA) is 3.24 Å². The predicted octanol–water partition coefficient (Wildman–Crippen LogP) is 17.2. The third-order valence-corrected chi connectivity index (χ3v) is 15.4. The van der Waals surface area contributed by atoms with Crippen molar-refractivity contribution in [3.8, 4) is 55.6 Å². The summed E-state index contributed by atoms with van der Waals surface area (Å²) in [6, 6.07) is 102. The van der Waals surface area contributed by atoms with Gasteiger partial charge in [-0.3, -0.25) is 0 Å². The molecule has 3 aliphatic rings. The summed E-state index contributed by atoms with van der Waals surface area (Å²) in [7, 11) is 0. The minimum atomic E-state index is -0.546. The van der Waals surface area contributed by atoms with Crippen LogP contribution >= 0.6 is 0 Å². The van der Waals surface area contributed by atoms with Gasteiger partial charge in [-0.2, -0.15) is 0 Å². The maximum absolute atomic E-state index is 2.56. The number of rotatable bonds is 7. The van der Waals surface area contributed by atoms with Gasteiger partial charge in [0.2, 0.25) is 0 Å². The van der Waals surface area contributed by atoms with Crippen molar-refractivity contribution in [2.45, 2.75) is 10.8 Å². The Morgan fingerprint density at radius 1 is 0.232 bits per heavy atom. The van der Waals surface area contributed by atoms with Gasteiger partial charge < -0.3 is 4.90 Å². The maximum Gasteiger partial charge on any atom is 0.0725 e. The molecule has 0 heterocycles. The van der Waals surface area contributed by atoms with Crippen LogP contribution in [0.15, 0.2) is 273 Å². The van der Waals surface area contributed by atoms with Crippen LogP contribution in [0.25, 0.3) is 55.6 Å². The van der Waals surface area contributed by atoms with E-state index in [4.69, 9.17) is 0 Å². The van der Waals surface area contributed by atoms with Crippen molar-refractivity contribution in [1.82, 2.24) is 0 Å². The van der Waals surface area contributed by atoms with Crippen LogP contribution in [-0.2, 0) is 10.8 Å². The minimum absolute atomic E-state index is 0.432. The molecule has 0 bridgehead atoms. The number of hydrogen-bond donors (Lipinski definition) is 0. The number of anilines is 3. The average molecular weight is 876 g/mol. The lowest BCUT2D eigenvalue weighted by Gasteiger charge is -2.35. The molecule has 1 nitrogen and oxygen atoms in total. The van der Waals surface area contributed by atoms with Gasteiger partial charge in [0.15, 0.2) is 0 Å². The second kappa shape index (κ2) is 15.4. The summed E-state index contributed by atoms with van der Waals surface area (Å²) in [5.41, 5.74) is 25.2. The molecule has 0 N–H and O–H groups in total. The highest BCUT2D eigenvalue weighted by Crippen LogP contribution is 2.64. The van der Waals surface area contributed by atoms with Crippen LogP contribution in [0.3, 0.4) is 0 Å². The molecular weight excluding hydrogens is 831 g/mol. The third-order valence-electron chi connectivity index (χ3n) is 15.4.